The van der Waals surface area contributed by atoms with Crippen LogP contribution < -0.4 is 4.90 Å². The van der Waals surface area contributed by atoms with Crippen molar-refractivity contribution in [2.24, 2.45) is 5.92 Å². The van der Waals surface area contributed by atoms with Gasteiger partial charge in [-0.3, -0.25) is 14.5 Å². The van der Waals surface area contributed by atoms with E-state index in [2.05, 4.69) is 0 Å². The Balaban J connectivity index is 1.65. The smallest absolute Gasteiger partial charge is 0.328 e. The zero-order chi connectivity index (χ0) is 28.5. The van der Waals surface area contributed by atoms with E-state index in [1.807, 2.05) is 97.1 Å². The van der Waals surface area contributed by atoms with E-state index in [-0.39, 0.29) is 16.8 Å². The Morgan fingerprint density at radius 3 is 2.10 bits per heavy atom. The molecule has 40 heavy (non-hydrogen) atoms. The summed E-state index contributed by atoms with van der Waals surface area (Å²) in [4.78, 5) is 41.3. The molecule has 0 aromatic heterocycles. The van der Waals surface area contributed by atoms with E-state index in [1.54, 1.807) is 19.1 Å². The highest BCUT2D eigenvalue weighted by Gasteiger charge is 2.33. The molecule has 0 aliphatic rings. The van der Waals surface area contributed by atoms with Gasteiger partial charge in [0.15, 0.2) is 0 Å². The summed E-state index contributed by atoms with van der Waals surface area (Å²) >= 11 is 7.28. The van der Waals surface area contributed by atoms with E-state index in [1.165, 1.54) is 12.0 Å². The Bertz CT molecular complexity index is 1440. The van der Waals surface area contributed by atoms with Gasteiger partial charge < -0.3 is 4.74 Å². The molecule has 7 heteroatoms. The van der Waals surface area contributed by atoms with Crippen LogP contribution in [0.1, 0.15) is 22.8 Å². The average molecular weight is 572 g/mol. The van der Waals surface area contributed by atoms with Crippen molar-refractivity contribution in [2.75, 3.05) is 17.8 Å². The van der Waals surface area contributed by atoms with Crippen LogP contribution in [0.15, 0.2) is 109 Å². The van der Waals surface area contributed by atoms with Crippen molar-refractivity contribution in [1.82, 2.24) is 0 Å². The summed E-state index contributed by atoms with van der Waals surface area (Å²) < 4.78 is 5.02. The second-order valence-electron chi connectivity index (χ2n) is 9.32. The lowest BCUT2D eigenvalue weighted by molar-refractivity contribution is -0.143. The Morgan fingerprint density at radius 1 is 0.825 bits per heavy atom. The number of amides is 1. The summed E-state index contributed by atoms with van der Waals surface area (Å²) in [6.45, 7) is 1.65. The highest BCUT2D eigenvalue weighted by molar-refractivity contribution is 8.14. The van der Waals surface area contributed by atoms with E-state index in [0.717, 1.165) is 28.5 Å². The van der Waals surface area contributed by atoms with Crippen LogP contribution in [0.3, 0.4) is 0 Å². The molecule has 1 unspecified atom stereocenters. The quantitative estimate of drug-likeness (QED) is 0.186. The number of ether oxygens (including phenoxy) is 1. The second kappa shape index (κ2) is 14.0. The van der Waals surface area contributed by atoms with Crippen molar-refractivity contribution in [3.05, 3.63) is 125 Å². The zero-order valence-corrected chi connectivity index (χ0v) is 23.9. The zero-order valence-electron chi connectivity index (χ0n) is 22.3. The number of carbonyl (C=O) groups is 3. The van der Waals surface area contributed by atoms with Gasteiger partial charge in [0, 0.05) is 22.0 Å². The fourth-order valence-electron chi connectivity index (χ4n) is 4.45. The first-order chi connectivity index (χ1) is 19.4. The molecule has 4 aromatic carbocycles. The monoisotopic (exact) mass is 571 g/mol. The number of anilines is 1. The first-order valence-corrected chi connectivity index (χ1v) is 14.3. The summed E-state index contributed by atoms with van der Waals surface area (Å²) in [5, 5.41) is 0.522. The minimum absolute atomic E-state index is 0.107. The fraction of sp³-hybridized carbons (Fsp3) is 0.182. The molecule has 4 rings (SSSR count). The highest BCUT2D eigenvalue weighted by atomic mass is 35.5. The molecule has 2 atom stereocenters. The number of thioether (sulfide) groups is 1. The number of hydrogen-bond acceptors (Lipinski definition) is 5. The van der Waals surface area contributed by atoms with Crippen LogP contribution in [0.2, 0.25) is 5.02 Å². The van der Waals surface area contributed by atoms with Gasteiger partial charge in [0.25, 0.3) is 0 Å². The van der Waals surface area contributed by atoms with Crippen LogP contribution >= 0.6 is 23.4 Å². The molecule has 0 radical (unpaired) electrons. The SMILES string of the molecule is COC(=O)[C@H](C)N(C(=O)C(CSC(=O)c1ccccc1)Cc1ccccc1)c1ccc(-c2cccc(Cl)c2)cc1. The summed E-state index contributed by atoms with van der Waals surface area (Å²) in [7, 11) is 1.31. The van der Waals surface area contributed by atoms with Gasteiger partial charge in [0.1, 0.15) is 6.04 Å². The van der Waals surface area contributed by atoms with Gasteiger partial charge >= 0.3 is 5.97 Å². The first kappa shape index (κ1) is 29.1. The minimum Gasteiger partial charge on any atom is -0.467 e. The molecule has 0 saturated heterocycles. The molecule has 4 aromatic rings. The molecule has 0 heterocycles. The lowest BCUT2D eigenvalue weighted by Crippen LogP contribution is -2.47. The molecule has 5 nitrogen and oxygen atoms in total. The van der Waals surface area contributed by atoms with E-state index >= 15 is 0 Å². The molecule has 0 aliphatic heterocycles. The number of benzene rings is 4. The predicted octanol–water partition coefficient (Wildman–Crippen LogP) is 7.33. The van der Waals surface area contributed by atoms with Crippen molar-refractivity contribution in [3.63, 3.8) is 0 Å². The summed E-state index contributed by atoms with van der Waals surface area (Å²) in [5.41, 5.74) is 3.97. The lowest BCUT2D eigenvalue weighted by Gasteiger charge is -2.31. The average Bonchev–Trinajstić information content (AvgIpc) is 3.00. The topological polar surface area (TPSA) is 63.7 Å². The maximum absolute atomic E-state index is 14.2. The molecule has 0 bridgehead atoms. The number of carbonyl (C=O) groups excluding carboxylic acids is 3. The van der Waals surface area contributed by atoms with Crippen molar-refractivity contribution in [3.8, 4) is 11.1 Å². The number of nitrogens with zero attached hydrogens (tertiary/aromatic N) is 1. The van der Waals surface area contributed by atoms with Crippen LogP contribution in [0.4, 0.5) is 5.69 Å². The first-order valence-electron chi connectivity index (χ1n) is 12.9. The largest absolute Gasteiger partial charge is 0.467 e. The van der Waals surface area contributed by atoms with Crippen molar-refractivity contribution >= 4 is 46.0 Å². The summed E-state index contributed by atoms with van der Waals surface area (Å²) in [6, 6.07) is 32.7. The van der Waals surface area contributed by atoms with Crippen LogP contribution in [0.25, 0.3) is 11.1 Å². The summed E-state index contributed by atoms with van der Waals surface area (Å²) in [6.07, 6.45) is 0.416. The Hall–Kier alpha value is -3.87. The molecule has 0 saturated carbocycles. The maximum atomic E-state index is 14.2. The Labute approximate surface area is 244 Å². The number of hydrogen-bond donors (Lipinski definition) is 0. The molecule has 0 fully saturated rings. The Kier molecular flexibility index (Phi) is 10.2. The van der Waals surface area contributed by atoms with Gasteiger partial charge in [0.2, 0.25) is 11.0 Å². The molecule has 1 amide bonds. The van der Waals surface area contributed by atoms with Crippen molar-refractivity contribution in [2.45, 2.75) is 19.4 Å². The van der Waals surface area contributed by atoms with E-state index in [9.17, 15) is 14.4 Å². The lowest BCUT2D eigenvalue weighted by atomic mass is 9.98. The third-order valence-corrected chi connectivity index (χ3v) is 7.87. The molecule has 204 valence electrons. The maximum Gasteiger partial charge on any atom is 0.328 e. The van der Waals surface area contributed by atoms with Gasteiger partial charge in [0.05, 0.1) is 13.0 Å². The van der Waals surface area contributed by atoms with Gasteiger partial charge in [-0.1, -0.05) is 108 Å². The highest BCUT2D eigenvalue weighted by Crippen LogP contribution is 2.29. The van der Waals surface area contributed by atoms with Crippen LogP contribution in [-0.4, -0.2) is 35.9 Å². The van der Waals surface area contributed by atoms with Gasteiger partial charge in [-0.25, -0.2) is 4.79 Å². The van der Waals surface area contributed by atoms with Crippen LogP contribution in [-0.2, 0) is 20.7 Å². The standard InChI is InChI=1S/C33H30ClNO4S/c1-23(32(37)39-2)35(30-18-16-25(17-19-30)27-14-9-15-29(34)21-27)31(36)28(20-24-10-5-3-6-11-24)22-40-33(38)26-12-7-4-8-13-26/h3-19,21,23,28H,20,22H2,1-2H3/t23-,28?/m0/s1. The Morgan fingerprint density at radius 2 is 1.48 bits per heavy atom. The van der Waals surface area contributed by atoms with Gasteiger partial charge in [-0.2, -0.15) is 0 Å². The third kappa shape index (κ3) is 7.40. The third-order valence-electron chi connectivity index (χ3n) is 6.57. The molecular weight excluding hydrogens is 542 g/mol. The van der Waals surface area contributed by atoms with E-state index < -0.39 is 17.9 Å². The fourth-order valence-corrected chi connectivity index (χ4v) is 5.55. The number of rotatable bonds is 10. The van der Waals surface area contributed by atoms with Crippen molar-refractivity contribution < 1.29 is 19.1 Å². The predicted molar refractivity (Wildman–Crippen MR) is 163 cm³/mol. The second-order valence-corrected chi connectivity index (χ2v) is 10.7. The van der Waals surface area contributed by atoms with Crippen molar-refractivity contribution in [1.29, 1.82) is 0 Å². The minimum atomic E-state index is -0.873. The number of methoxy groups -OCH3 is 1. The number of halogens is 1. The molecule has 0 spiro atoms. The molecule has 0 N–H and O–H groups in total. The van der Waals surface area contributed by atoms with Crippen LogP contribution in [0, 0.1) is 5.92 Å². The van der Waals surface area contributed by atoms with E-state index in [4.69, 9.17) is 16.3 Å². The van der Waals surface area contributed by atoms with Crippen LogP contribution in [0.5, 0.6) is 0 Å². The van der Waals surface area contributed by atoms with Gasteiger partial charge in [-0.05, 0) is 54.3 Å². The van der Waals surface area contributed by atoms with E-state index in [0.29, 0.717) is 22.7 Å². The van der Waals surface area contributed by atoms with Gasteiger partial charge in [-0.15, -0.1) is 0 Å². The summed E-state index contributed by atoms with van der Waals surface area (Å²) in [5.74, 6) is -1.10. The molecule has 0 aliphatic carbocycles. The number of esters is 1. The molecular formula is C33H30ClNO4S. The normalized spacial score (nSPS) is 12.3.